The summed E-state index contributed by atoms with van der Waals surface area (Å²) in [4.78, 5) is 14.9. The Balaban J connectivity index is 0.00000336. The van der Waals surface area contributed by atoms with Crippen molar-refractivity contribution < 1.29 is 18.0 Å². The Bertz CT molecular complexity index is 1420. The molecule has 1 N–H and O–H groups in total. The van der Waals surface area contributed by atoms with Gasteiger partial charge in [0.05, 0.1) is 22.6 Å². The second kappa shape index (κ2) is 11.2. The Hall–Kier alpha value is -3.26. The van der Waals surface area contributed by atoms with Crippen LogP contribution in [0.1, 0.15) is 22.3 Å². The SMILES string of the molecule is CN1CC[C@@H](NC(=O)c2ccc(-c3ccc(-c4ccc(Cl)cc4)n3-c3ccccc3C(F)(F)F)cc2)C1.Cl. The number of hydrogen-bond donors (Lipinski definition) is 1. The fourth-order valence-electron chi connectivity index (χ4n) is 4.79. The molecule has 1 fully saturated rings. The van der Waals surface area contributed by atoms with Gasteiger partial charge in [0.25, 0.3) is 5.91 Å². The topological polar surface area (TPSA) is 37.3 Å². The van der Waals surface area contributed by atoms with Crippen LogP contribution in [-0.2, 0) is 6.18 Å². The molecule has 5 rings (SSSR count). The van der Waals surface area contributed by atoms with Gasteiger partial charge in [-0.1, -0.05) is 48.0 Å². The molecule has 0 radical (unpaired) electrons. The van der Waals surface area contributed by atoms with Gasteiger partial charge in [0, 0.05) is 23.2 Å². The molecule has 38 heavy (non-hydrogen) atoms. The maximum atomic E-state index is 14.0. The molecular weight excluding hydrogens is 534 g/mol. The lowest BCUT2D eigenvalue weighted by molar-refractivity contribution is -0.137. The molecule has 0 spiro atoms. The Morgan fingerprint density at radius 2 is 1.47 bits per heavy atom. The number of likely N-dealkylation sites (N-methyl/N-ethyl adjacent to an activating group) is 1. The molecule has 4 aromatic rings. The van der Waals surface area contributed by atoms with E-state index in [2.05, 4.69) is 10.2 Å². The van der Waals surface area contributed by atoms with Crippen molar-refractivity contribution in [3.05, 3.63) is 101 Å². The van der Waals surface area contributed by atoms with Crippen molar-refractivity contribution in [2.24, 2.45) is 0 Å². The lowest BCUT2D eigenvalue weighted by Crippen LogP contribution is -2.36. The molecule has 1 aliphatic heterocycles. The number of carbonyl (C=O) groups excluding carboxylic acids is 1. The van der Waals surface area contributed by atoms with Gasteiger partial charge in [-0.3, -0.25) is 4.79 Å². The highest BCUT2D eigenvalue weighted by Crippen LogP contribution is 2.39. The molecule has 0 aliphatic carbocycles. The molecule has 4 nitrogen and oxygen atoms in total. The van der Waals surface area contributed by atoms with Crippen LogP contribution in [0.3, 0.4) is 0 Å². The summed E-state index contributed by atoms with van der Waals surface area (Å²) in [7, 11) is 2.02. The molecule has 1 aliphatic rings. The van der Waals surface area contributed by atoms with E-state index in [-0.39, 0.29) is 30.0 Å². The van der Waals surface area contributed by atoms with Gasteiger partial charge in [0.15, 0.2) is 0 Å². The third-order valence-corrected chi connectivity index (χ3v) is 6.89. The molecule has 1 amide bonds. The second-order valence-corrected chi connectivity index (χ2v) is 9.70. The summed E-state index contributed by atoms with van der Waals surface area (Å²) in [6, 6.07) is 23.1. The van der Waals surface area contributed by atoms with E-state index in [1.807, 2.05) is 7.05 Å². The van der Waals surface area contributed by atoms with E-state index in [0.29, 0.717) is 27.5 Å². The average molecular weight is 560 g/mol. The lowest BCUT2D eigenvalue weighted by atomic mass is 10.1. The number of amides is 1. The fraction of sp³-hybridized carbons (Fsp3) is 0.207. The van der Waals surface area contributed by atoms with E-state index in [4.69, 9.17) is 11.6 Å². The average Bonchev–Trinajstić information content (AvgIpc) is 3.50. The largest absolute Gasteiger partial charge is 0.418 e. The first-order valence-electron chi connectivity index (χ1n) is 11.9. The van der Waals surface area contributed by atoms with Crippen LogP contribution in [0.5, 0.6) is 0 Å². The molecule has 2 heterocycles. The number of rotatable bonds is 5. The number of carbonyl (C=O) groups is 1. The molecule has 1 saturated heterocycles. The summed E-state index contributed by atoms with van der Waals surface area (Å²) in [6.07, 6.45) is -3.63. The van der Waals surface area contributed by atoms with E-state index < -0.39 is 11.7 Å². The first kappa shape index (κ1) is 27.8. The highest BCUT2D eigenvalue weighted by atomic mass is 35.5. The first-order chi connectivity index (χ1) is 17.7. The fourth-order valence-corrected chi connectivity index (χ4v) is 4.92. The van der Waals surface area contributed by atoms with Crippen LogP contribution >= 0.6 is 24.0 Å². The lowest BCUT2D eigenvalue weighted by Gasteiger charge is -2.19. The van der Waals surface area contributed by atoms with Crippen molar-refractivity contribution in [3.8, 4) is 28.2 Å². The summed E-state index contributed by atoms with van der Waals surface area (Å²) < 4.78 is 43.7. The summed E-state index contributed by atoms with van der Waals surface area (Å²) in [5, 5.41) is 3.59. The minimum atomic E-state index is -4.54. The van der Waals surface area contributed by atoms with Crippen molar-refractivity contribution in [3.63, 3.8) is 0 Å². The Morgan fingerprint density at radius 1 is 0.895 bits per heavy atom. The van der Waals surface area contributed by atoms with E-state index >= 15 is 0 Å². The predicted octanol–water partition coefficient (Wildman–Crippen LogP) is 7.34. The molecule has 0 unspecified atom stereocenters. The highest BCUT2D eigenvalue weighted by Gasteiger charge is 2.34. The molecule has 3 aromatic carbocycles. The number of aromatic nitrogens is 1. The number of alkyl halides is 3. The van der Waals surface area contributed by atoms with E-state index in [9.17, 15) is 18.0 Å². The van der Waals surface area contributed by atoms with Crippen LogP contribution in [-0.4, -0.2) is 41.6 Å². The summed E-state index contributed by atoms with van der Waals surface area (Å²) in [5.74, 6) is -0.161. The van der Waals surface area contributed by atoms with Crippen LogP contribution in [0.15, 0.2) is 84.9 Å². The van der Waals surface area contributed by atoms with E-state index in [0.717, 1.165) is 31.1 Å². The number of nitrogens with one attached hydrogen (secondary N) is 1. The minimum Gasteiger partial charge on any atom is -0.348 e. The van der Waals surface area contributed by atoms with Crippen molar-refractivity contribution in [2.75, 3.05) is 20.1 Å². The van der Waals surface area contributed by atoms with E-state index in [1.54, 1.807) is 71.3 Å². The van der Waals surface area contributed by atoms with Gasteiger partial charge in [-0.05, 0) is 79.7 Å². The number of halogens is 5. The summed E-state index contributed by atoms with van der Waals surface area (Å²) in [5.41, 5.74) is 2.37. The van der Waals surface area contributed by atoms with Crippen molar-refractivity contribution in [1.29, 1.82) is 0 Å². The number of benzene rings is 3. The van der Waals surface area contributed by atoms with Crippen LogP contribution in [0.4, 0.5) is 13.2 Å². The van der Waals surface area contributed by atoms with Crippen molar-refractivity contribution >= 4 is 29.9 Å². The monoisotopic (exact) mass is 559 g/mol. The predicted molar refractivity (Wildman–Crippen MR) is 147 cm³/mol. The normalized spacial score (nSPS) is 15.8. The standard InChI is InChI=1S/C29H25ClF3N3O.ClH/c1-35-17-16-23(18-35)34-28(37)21-8-6-19(7-9-21)25-14-15-26(20-10-12-22(30)13-11-20)36(25)27-5-3-2-4-24(27)29(31,32)33;/h2-15,23H,16-18H2,1H3,(H,34,37);1H/t23-;/m1./s1. The smallest absolute Gasteiger partial charge is 0.348 e. The van der Waals surface area contributed by atoms with Gasteiger partial charge in [-0.25, -0.2) is 0 Å². The number of nitrogens with zero attached hydrogens (tertiary/aromatic N) is 2. The Kier molecular flexibility index (Phi) is 8.21. The van der Waals surface area contributed by atoms with Gasteiger partial charge >= 0.3 is 6.18 Å². The van der Waals surface area contributed by atoms with Crippen molar-refractivity contribution in [1.82, 2.24) is 14.8 Å². The van der Waals surface area contributed by atoms with Crippen LogP contribution < -0.4 is 5.32 Å². The molecule has 198 valence electrons. The zero-order chi connectivity index (χ0) is 26.2. The Morgan fingerprint density at radius 3 is 2.03 bits per heavy atom. The van der Waals surface area contributed by atoms with Crippen molar-refractivity contribution in [2.45, 2.75) is 18.6 Å². The third kappa shape index (κ3) is 5.75. The number of likely N-dealkylation sites (tertiary alicyclic amines) is 1. The molecular formula is C29H26Cl2F3N3O. The van der Waals surface area contributed by atoms with Gasteiger partial charge in [-0.2, -0.15) is 13.2 Å². The summed E-state index contributed by atoms with van der Waals surface area (Å²) in [6.45, 7) is 1.75. The molecule has 9 heteroatoms. The van der Waals surface area contributed by atoms with Crippen LogP contribution in [0, 0.1) is 0 Å². The number of para-hydroxylation sites is 1. The molecule has 0 bridgehead atoms. The van der Waals surface area contributed by atoms with Gasteiger partial charge < -0.3 is 14.8 Å². The second-order valence-electron chi connectivity index (χ2n) is 9.26. The van der Waals surface area contributed by atoms with Crippen LogP contribution in [0.25, 0.3) is 28.2 Å². The zero-order valence-electron chi connectivity index (χ0n) is 20.5. The zero-order valence-corrected chi connectivity index (χ0v) is 22.1. The number of hydrogen-bond acceptors (Lipinski definition) is 2. The van der Waals surface area contributed by atoms with Gasteiger partial charge in [-0.15, -0.1) is 12.4 Å². The maximum Gasteiger partial charge on any atom is 0.418 e. The molecule has 0 saturated carbocycles. The minimum absolute atomic E-state index is 0. The maximum absolute atomic E-state index is 14.0. The van der Waals surface area contributed by atoms with E-state index in [1.165, 1.54) is 12.1 Å². The third-order valence-electron chi connectivity index (χ3n) is 6.64. The first-order valence-corrected chi connectivity index (χ1v) is 12.3. The molecule has 1 aromatic heterocycles. The van der Waals surface area contributed by atoms with Crippen LogP contribution in [0.2, 0.25) is 5.02 Å². The Labute approximate surface area is 230 Å². The highest BCUT2D eigenvalue weighted by molar-refractivity contribution is 6.30. The summed E-state index contributed by atoms with van der Waals surface area (Å²) >= 11 is 6.05. The van der Waals surface area contributed by atoms with Gasteiger partial charge in [0.2, 0.25) is 0 Å². The quantitative estimate of drug-likeness (QED) is 0.277. The van der Waals surface area contributed by atoms with Gasteiger partial charge in [0.1, 0.15) is 0 Å². The molecule has 1 atom stereocenters.